The van der Waals surface area contributed by atoms with E-state index in [-0.39, 0.29) is 12.5 Å². The molecule has 5 nitrogen and oxygen atoms in total. The molecule has 0 bridgehead atoms. The summed E-state index contributed by atoms with van der Waals surface area (Å²) in [5, 5.41) is 5.89. The van der Waals surface area contributed by atoms with Gasteiger partial charge in [0.15, 0.2) is 0 Å². The molecule has 104 valence electrons. The zero-order chi connectivity index (χ0) is 14.2. The molecule has 0 atom stereocenters. The molecule has 0 saturated carbocycles. The monoisotopic (exact) mass is 271 g/mol. The van der Waals surface area contributed by atoms with Crippen molar-refractivity contribution < 1.29 is 9.53 Å². The lowest BCUT2D eigenvalue weighted by molar-refractivity contribution is -0.119. The molecule has 2 aromatic rings. The highest BCUT2D eigenvalue weighted by atomic mass is 16.5. The van der Waals surface area contributed by atoms with E-state index < -0.39 is 0 Å². The zero-order valence-electron chi connectivity index (χ0n) is 11.3. The van der Waals surface area contributed by atoms with Crippen molar-refractivity contribution in [3.05, 3.63) is 54.4 Å². The number of amides is 1. The zero-order valence-corrected chi connectivity index (χ0v) is 11.3. The molecule has 1 aromatic heterocycles. The first-order valence-corrected chi connectivity index (χ1v) is 6.31. The van der Waals surface area contributed by atoms with Gasteiger partial charge in [-0.1, -0.05) is 0 Å². The van der Waals surface area contributed by atoms with Gasteiger partial charge < -0.3 is 15.4 Å². The Balaban J connectivity index is 1.74. The van der Waals surface area contributed by atoms with Crippen LogP contribution < -0.4 is 15.4 Å². The molecule has 0 unspecified atom stereocenters. The predicted molar refractivity (Wildman–Crippen MR) is 77.6 cm³/mol. The van der Waals surface area contributed by atoms with Gasteiger partial charge in [-0.05, 0) is 42.0 Å². The second-order valence-corrected chi connectivity index (χ2v) is 4.21. The first kappa shape index (κ1) is 13.9. The van der Waals surface area contributed by atoms with Gasteiger partial charge >= 0.3 is 0 Å². The molecule has 1 amide bonds. The van der Waals surface area contributed by atoms with Gasteiger partial charge in [0.2, 0.25) is 5.91 Å². The van der Waals surface area contributed by atoms with E-state index in [4.69, 9.17) is 4.74 Å². The molecule has 5 heteroatoms. The maximum atomic E-state index is 11.7. The van der Waals surface area contributed by atoms with Gasteiger partial charge in [-0.2, -0.15) is 0 Å². The van der Waals surface area contributed by atoms with Gasteiger partial charge in [0.25, 0.3) is 0 Å². The summed E-state index contributed by atoms with van der Waals surface area (Å²) in [7, 11) is 1.62. The Bertz CT molecular complexity index is 541. The Hall–Kier alpha value is -2.56. The van der Waals surface area contributed by atoms with Gasteiger partial charge in [0.1, 0.15) is 5.75 Å². The third-order valence-electron chi connectivity index (χ3n) is 2.78. The number of rotatable bonds is 6. The second kappa shape index (κ2) is 7.13. The molecule has 0 aliphatic rings. The van der Waals surface area contributed by atoms with Crippen LogP contribution in [0.5, 0.6) is 5.75 Å². The minimum atomic E-state index is -0.0577. The standard InChI is InChI=1S/C15H17N3O2/c1-20-14-4-2-13(3-5-14)17-11-15(19)18-10-12-6-8-16-9-7-12/h2-9,17H,10-11H2,1H3,(H,18,19). The van der Waals surface area contributed by atoms with E-state index in [1.165, 1.54) is 0 Å². The number of carbonyl (C=O) groups is 1. The molecular formula is C15H17N3O2. The SMILES string of the molecule is COc1ccc(NCC(=O)NCc2ccncc2)cc1. The van der Waals surface area contributed by atoms with E-state index in [0.29, 0.717) is 6.54 Å². The van der Waals surface area contributed by atoms with Crippen molar-refractivity contribution in [2.75, 3.05) is 19.0 Å². The third-order valence-corrected chi connectivity index (χ3v) is 2.78. The van der Waals surface area contributed by atoms with Crippen molar-refractivity contribution in [3.8, 4) is 5.75 Å². The number of hydrogen-bond acceptors (Lipinski definition) is 4. The van der Waals surface area contributed by atoms with Crippen molar-refractivity contribution in [1.29, 1.82) is 0 Å². The van der Waals surface area contributed by atoms with Gasteiger partial charge in [0.05, 0.1) is 13.7 Å². The normalized spacial score (nSPS) is 9.85. The molecule has 0 saturated heterocycles. The lowest BCUT2D eigenvalue weighted by Gasteiger charge is -2.08. The number of hydrogen-bond donors (Lipinski definition) is 2. The molecule has 2 rings (SSSR count). The van der Waals surface area contributed by atoms with Crippen LogP contribution in [0.25, 0.3) is 0 Å². The molecule has 0 aliphatic heterocycles. The minimum absolute atomic E-state index is 0.0577. The van der Waals surface area contributed by atoms with E-state index >= 15 is 0 Å². The van der Waals surface area contributed by atoms with E-state index in [0.717, 1.165) is 17.0 Å². The average Bonchev–Trinajstić information content (AvgIpc) is 2.52. The number of methoxy groups -OCH3 is 1. The largest absolute Gasteiger partial charge is 0.497 e. The first-order valence-electron chi connectivity index (χ1n) is 6.31. The number of anilines is 1. The van der Waals surface area contributed by atoms with Crippen LogP contribution in [-0.4, -0.2) is 24.5 Å². The number of carbonyl (C=O) groups excluding carboxylic acids is 1. The summed E-state index contributed by atoms with van der Waals surface area (Å²) < 4.78 is 5.07. The van der Waals surface area contributed by atoms with Crippen molar-refractivity contribution in [1.82, 2.24) is 10.3 Å². The molecule has 20 heavy (non-hydrogen) atoms. The Morgan fingerprint density at radius 1 is 1.15 bits per heavy atom. The molecule has 0 spiro atoms. The van der Waals surface area contributed by atoms with Crippen LogP contribution in [0.2, 0.25) is 0 Å². The van der Waals surface area contributed by atoms with Gasteiger partial charge in [-0.3, -0.25) is 9.78 Å². The topological polar surface area (TPSA) is 63.2 Å². The summed E-state index contributed by atoms with van der Waals surface area (Å²) in [6, 6.07) is 11.2. The van der Waals surface area contributed by atoms with E-state index in [2.05, 4.69) is 15.6 Å². The van der Waals surface area contributed by atoms with Gasteiger partial charge in [-0.25, -0.2) is 0 Å². The van der Waals surface area contributed by atoms with Crippen molar-refractivity contribution in [3.63, 3.8) is 0 Å². The van der Waals surface area contributed by atoms with Crippen LogP contribution in [0.3, 0.4) is 0 Å². The van der Waals surface area contributed by atoms with Crippen molar-refractivity contribution in [2.24, 2.45) is 0 Å². The number of aromatic nitrogens is 1. The highest BCUT2D eigenvalue weighted by Gasteiger charge is 2.01. The van der Waals surface area contributed by atoms with E-state index in [1.807, 2.05) is 36.4 Å². The van der Waals surface area contributed by atoms with Crippen LogP contribution in [0.15, 0.2) is 48.8 Å². The van der Waals surface area contributed by atoms with Crippen LogP contribution in [0.1, 0.15) is 5.56 Å². The fourth-order valence-electron chi connectivity index (χ4n) is 1.65. The third kappa shape index (κ3) is 4.28. The maximum Gasteiger partial charge on any atom is 0.239 e. The summed E-state index contributed by atoms with van der Waals surface area (Å²) in [4.78, 5) is 15.6. The van der Waals surface area contributed by atoms with Crippen LogP contribution >= 0.6 is 0 Å². The van der Waals surface area contributed by atoms with E-state index in [9.17, 15) is 4.79 Å². The second-order valence-electron chi connectivity index (χ2n) is 4.21. The maximum absolute atomic E-state index is 11.7. The highest BCUT2D eigenvalue weighted by molar-refractivity contribution is 5.80. The van der Waals surface area contributed by atoms with Crippen molar-refractivity contribution in [2.45, 2.75) is 6.54 Å². The fraction of sp³-hybridized carbons (Fsp3) is 0.200. The molecule has 0 radical (unpaired) electrons. The molecular weight excluding hydrogens is 254 g/mol. The molecule has 0 aliphatic carbocycles. The molecule has 1 aromatic carbocycles. The summed E-state index contributed by atoms with van der Waals surface area (Å²) in [5.41, 5.74) is 1.91. The van der Waals surface area contributed by atoms with E-state index in [1.54, 1.807) is 19.5 Å². The summed E-state index contributed by atoms with van der Waals surface area (Å²) in [6.45, 7) is 0.739. The Labute approximate surface area is 118 Å². The molecule has 2 N–H and O–H groups in total. The van der Waals surface area contributed by atoms with Gasteiger partial charge in [-0.15, -0.1) is 0 Å². The lowest BCUT2D eigenvalue weighted by atomic mass is 10.2. The average molecular weight is 271 g/mol. The Kier molecular flexibility index (Phi) is 4.94. The first-order chi connectivity index (χ1) is 9.78. The number of nitrogens with one attached hydrogen (secondary N) is 2. The number of ether oxygens (including phenoxy) is 1. The molecule has 1 heterocycles. The summed E-state index contributed by atoms with van der Waals surface area (Å²) in [5.74, 6) is 0.732. The minimum Gasteiger partial charge on any atom is -0.497 e. The van der Waals surface area contributed by atoms with Gasteiger partial charge in [0, 0.05) is 24.6 Å². The smallest absolute Gasteiger partial charge is 0.239 e. The van der Waals surface area contributed by atoms with Crippen molar-refractivity contribution >= 4 is 11.6 Å². The molecule has 0 fully saturated rings. The number of nitrogens with zero attached hydrogens (tertiary/aromatic N) is 1. The quantitative estimate of drug-likeness (QED) is 0.841. The summed E-state index contributed by atoms with van der Waals surface area (Å²) in [6.07, 6.45) is 3.41. The summed E-state index contributed by atoms with van der Waals surface area (Å²) >= 11 is 0. The fourth-order valence-corrected chi connectivity index (χ4v) is 1.65. The Morgan fingerprint density at radius 2 is 1.85 bits per heavy atom. The number of benzene rings is 1. The predicted octanol–water partition coefficient (Wildman–Crippen LogP) is 1.82. The van der Waals surface area contributed by atoms with Crippen LogP contribution in [0, 0.1) is 0 Å². The number of pyridine rings is 1. The lowest BCUT2D eigenvalue weighted by Crippen LogP contribution is -2.29. The van der Waals surface area contributed by atoms with Crippen LogP contribution in [0.4, 0.5) is 5.69 Å². The highest BCUT2D eigenvalue weighted by Crippen LogP contribution is 2.14. The Morgan fingerprint density at radius 3 is 2.50 bits per heavy atom. The van der Waals surface area contributed by atoms with Crippen LogP contribution in [-0.2, 0) is 11.3 Å².